The Morgan fingerprint density at radius 3 is 2.72 bits per heavy atom. The van der Waals surface area contributed by atoms with Gasteiger partial charge in [0.25, 0.3) is 5.91 Å². The molecule has 0 aliphatic carbocycles. The van der Waals surface area contributed by atoms with E-state index in [1.807, 2.05) is 48.5 Å². The fourth-order valence-corrected chi connectivity index (χ4v) is 3.86. The Labute approximate surface area is 169 Å². The molecule has 0 radical (unpaired) electrons. The second kappa shape index (κ2) is 7.95. The molecule has 2 aliphatic rings. The van der Waals surface area contributed by atoms with Gasteiger partial charge in [0, 0.05) is 32.5 Å². The zero-order valence-corrected chi connectivity index (χ0v) is 16.3. The van der Waals surface area contributed by atoms with Crippen LogP contribution in [0.15, 0.2) is 48.5 Å². The molecule has 150 valence electrons. The van der Waals surface area contributed by atoms with Crippen molar-refractivity contribution >= 4 is 17.8 Å². The molecule has 1 fully saturated rings. The Morgan fingerprint density at radius 2 is 1.93 bits per heavy atom. The van der Waals surface area contributed by atoms with Gasteiger partial charge in [-0.2, -0.15) is 0 Å². The number of imide groups is 1. The summed E-state index contributed by atoms with van der Waals surface area (Å²) < 4.78 is 5.17. The molecule has 0 spiro atoms. The molecule has 0 aromatic heterocycles. The molecule has 7 heteroatoms. The van der Waals surface area contributed by atoms with Gasteiger partial charge in [-0.05, 0) is 28.8 Å². The maximum Gasteiger partial charge on any atom is 0.327 e. The minimum atomic E-state index is -0.461. The van der Waals surface area contributed by atoms with Crippen LogP contribution in [0.4, 0.5) is 4.79 Å². The topological polar surface area (TPSA) is 79.0 Å². The van der Waals surface area contributed by atoms with Crippen molar-refractivity contribution in [1.82, 2.24) is 15.1 Å². The monoisotopic (exact) mass is 393 g/mol. The van der Waals surface area contributed by atoms with E-state index in [2.05, 4.69) is 5.32 Å². The molecule has 4 rings (SSSR count). The molecular weight excluding hydrogens is 370 g/mol. The summed E-state index contributed by atoms with van der Waals surface area (Å²) in [6, 6.07) is 14.5. The zero-order valence-electron chi connectivity index (χ0n) is 16.3. The fourth-order valence-electron chi connectivity index (χ4n) is 3.86. The van der Waals surface area contributed by atoms with Crippen LogP contribution < -0.4 is 10.1 Å². The number of urea groups is 1. The Bertz CT molecular complexity index is 916. The Morgan fingerprint density at radius 1 is 1.14 bits per heavy atom. The Hall–Kier alpha value is -3.35. The van der Waals surface area contributed by atoms with Crippen LogP contribution in [0, 0.1) is 0 Å². The second-order valence-electron chi connectivity index (χ2n) is 7.27. The van der Waals surface area contributed by atoms with Crippen LogP contribution in [-0.2, 0) is 29.1 Å². The van der Waals surface area contributed by atoms with Crippen molar-refractivity contribution in [3.05, 3.63) is 65.2 Å². The van der Waals surface area contributed by atoms with Crippen LogP contribution in [0.2, 0.25) is 0 Å². The van der Waals surface area contributed by atoms with Crippen molar-refractivity contribution in [2.24, 2.45) is 0 Å². The standard InChI is InChI=1S/C22H23N3O4/c1-29-18-8-4-5-15(11-18)13-23-20(26)9-10-24-21(27)19-12-16-6-2-3-7-17(16)14-25(19)22(24)28/h2-8,11,19H,9-10,12-14H2,1H3,(H,23,26)/t19-/m0/s1. The second-order valence-corrected chi connectivity index (χ2v) is 7.27. The van der Waals surface area contributed by atoms with Crippen molar-refractivity contribution in [3.63, 3.8) is 0 Å². The highest BCUT2D eigenvalue weighted by atomic mass is 16.5. The van der Waals surface area contributed by atoms with Gasteiger partial charge < -0.3 is 15.0 Å². The first kappa shape index (κ1) is 19.0. The van der Waals surface area contributed by atoms with E-state index in [0.717, 1.165) is 22.4 Å². The first-order valence-corrected chi connectivity index (χ1v) is 9.65. The number of carbonyl (C=O) groups excluding carboxylic acids is 3. The molecule has 1 saturated heterocycles. The number of benzene rings is 2. The lowest BCUT2D eigenvalue weighted by atomic mass is 9.95. The minimum absolute atomic E-state index is 0.0783. The van der Waals surface area contributed by atoms with Crippen LogP contribution in [0.3, 0.4) is 0 Å². The van der Waals surface area contributed by atoms with Gasteiger partial charge in [-0.25, -0.2) is 4.79 Å². The zero-order chi connectivity index (χ0) is 20.4. The third kappa shape index (κ3) is 3.81. The molecule has 1 atom stereocenters. The number of carbonyl (C=O) groups is 3. The van der Waals surface area contributed by atoms with Gasteiger partial charge in [0.05, 0.1) is 7.11 Å². The molecule has 0 unspecified atom stereocenters. The maximum absolute atomic E-state index is 12.7. The summed E-state index contributed by atoms with van der Waals surface area (Å²) in [5.41, 5.74) is 3.09. The predicted molar refractivity (Wildman–Crippen MR) is 106 cm³/mol. The molecule has 29 heavy (non-hydrogen) atoms. The molecule has 0 bridgehead atoms. The summed E-state index contributed by atoms with van der Waals surface area (Å²) in [6.45, 7) is 0.886. The lowest BCUT2D eigenvalue weighted by Crippen LogP contribution is -2.39. The van der Waals surface area contributed by atoms with Gasteiger partial charge >= 0.3 is 6.03 Å². The van der Waals surface area contributed by atoms with Gasteiger partial charge in [-0.1, -0.05) is 36.4 Å². The van der Waals surface area contributed by atoms with E-state index in [-0.39, 0.29) is 30.8 Å². The summed E-state index contributed by atoms with van der Waals surface area (Å²) in [6.07, 6.45) is 0.605. The number of hydrogen-bond donors (Lipinski definition) is 1. The lowest BCUT2D eigenvalue weighted by Gasteiger charge is -2.28. The van der Waals surface area contributed by atoms with Crippen molar-refractivity contribution in [3.8, 4) is 5.75 Å². The first-order chi connectivity index (χ1) is 14.1. The molecule has 4 amide bonds. The van der Waals surface area contributed by atoms with Crippen molar-refractivity contribution in [2.75, 3.05) is 13.7 Å². The van der Waals surface area contributed by atoms with E-state index in [0.29, 0.717) is 19.5 Å². The van der Waals surface area contributed by atoms with Crippen LogP contribution in [0.5, 0.6) is 5.75 Å². The molecule has 0 saturated carbocycles. The SMILES string of the molecule is COc1cccc(CNC(=O)CCN2C(=O)[C@@H]3Cc4ccccc4CN3C2=O)c1. The van der Waals surface area contributed by atoms with Crippen molar-refractivity contribution < 1.29 is 19.1 Å². The van der Waals surface area contributed by atoms with Crippen LogP contribution in [0.1, 0.15) is 23.1 Å². The number of methoxy groups -OCH3 is 1. The number of rotatable bonds is 6. The van der Waals surface area contributed by atoms with Crippen molar-refractivity contribution in [2.45, 2.75) is 32.0 Å². The molecule has 2 aromatic carbocycles. The number of nitrogens with zero attached hydrogens (tertiary/aromatic N) is 2. The number of amides is 4. The van der Waals surface area contributed by atoms with E-state index in [9.17, 15) is 14.4 Å². The highest BCUT2D eigenvalue weighted by Crippen LogP contribution is 2.29. The molecule has 2 aromatic rings. The van der Waals surface area contributed by atoms with E-state index >= 15 is 0 Å². The van der Waals surface area contributed by atoms with Gasteiger partial charge in [0.2, 0.25) is 5.91 Å². The quantitative estimate of drug-likeness (QED) is 0.763. The minimum Gasteiger partial charge on any atom is -0.497 e. The summed E-state index contributed by atoms with van der Waals surface area (Å²) in [4.78, 5) is 40.5. The number of ether oxygens (including phenoxy) is 1. The van der Waals surface area contributed by atoms with E-state index in [1.54, 1.807) is 12.0 Å². The van der Waals surface area contributed by atoms with Crippen LogP contribution >= 0.6 is 0 Å². The molecule has 2 aliphatic heterocycles. The lowest BCUT2D eigenvalue weighted by molar-refractivity contribution is -0.129. The average molecular weight is 393 g/mol. The van der Waals surface area contributed by atoms with Gasteiger partial charge in [0.1, 0.15) is 11.8 Å². The number of fused-ring (bicyclic) bond motifs is 2. The highest BCUT2D eigenvalue weighted by Gasteiger charge is 2.46. The van der Waals surface area contributed by atoms with Gasteiger partial charge in [-0.3, -0.25) is 14.5 Å². The van der Waals surface area contributed by atoms with Crippen molar-refractivity contribution in [1.29, 1.82) is 0 Å². The molecule has 1 N–H and O–H groups in total. The third-order valence-corrected chi connectivity index (χ3v) is 5.46. The summed E-state index contributed by atoms with van der Waals surface area (Å²) in [5.74, 6) is 0.300. The van der Waals surface area contributed by atoms with E-state index in [1.165, 1.54) is 4.90 Å². The summed E-state index contributed by atoms with van der Waals surface area (Å²) >= 11 is 0. The van der Waals surface area contributed by atoms with Gasteiger partial charge in [-0.15, -0.1) is 0 Å². The highest BCUT2D eigenvalue weighted by molar-refractivity contribution is 6.04. The number of hydrogen-bond acceptors (Lipinski definition) is 4. The smallest absolute Gasteiger partial charge is 0.327 e. The normalized spacial score (nSPS) is 17.8. The van der Waals surface area contributed by atoms with Crippen LogP contribution in [0.25, 0.3) is 0 Å². The average Bonchev–Trinajstić information content (AvgIpc) is 2.98. The van der Waals surface area contributed by atoms with E-state index in [4.69, 9.17) is 4.74 Å². The molecule has 7 nitrogen and oxygen atoms in total. The van der Waals surface area contributed by atoms with E-state index < -0.39 is 6.04 Å². The Balaban J connectivity index is 1.32. The maximum atomic E-state index is 12.7. The Kier molecular flexibility index (Phi) is 5.20. The predicted octanol–water partition coefficient (Wildman–Crippen LogP) is 2.09. The number of nitrogens with one attached hydrogen (secondary N) is 1. The molecular formula is C22H23N3O4. The van der Waals surface area contributed by atoms with Crippen LogP contribution in [-0.4, -0.2) is 47.3 Å². The summed E-state index contributed by atoms with van der Waals surface area (Å²) in [5, 5.41) is 2.82. The third-order valence-electron chi connectivity index (χ3n) is 5.46. The largest absolute Gasteiger partial charge is 0.497 e. The molecule has 2 heterocycles. The fraction of sp³-hybridized carbons (Fsp3) is 0.318. The first-order valence-electron chi connectivity index (χ1n) is 9.65. The summed E-state index contributed by atoms with van der Waals surface area (Å²) in [7, 11) is 1.59. The van der Waals surface area contributed by atoms with Gasteiger partial charge in [0.15, 0.2) is 0 Å².